The predicted octanol–water partition coefficient (Wildman–Crippen LogP) is 1.92. The number of hydrogen-bond donors (Lipinski definition) is 2. The Labute approximate surface area is 111 Å². The molecule has 4 N–H and O–H groups in total. The van der Waals surface area contributed by atoms with Gasteiger partial charge < -0.3 is 20.9 Å². The lowest BCUT2D eigenvalue weighted by molar-refractivity contribution is 0.174. The van der Waals surface area contributed by atoms with Crippen molar-refractivity contribution in [3.8, 4) is 11.5 Å². The summed E-state index contributed by atoms with van der Waals surface area (Å²) in [5, 5.41) is 0. The van der Waals surface area contributed by atoms with E-state index in [1.807, 2.05) is 42.5 Å². The molecule has 1 unspecified atom stereocenters. The molecule has 0 saturated carbocycles. The van der Waals surface area contributed by atoms with Crippen molar-refractivity contribution < 1.29 is 9.47 Å². The van der Waals surface area contributed by atoms with Gasteiger partial charge in [-0.3, -0.25) is 0 Å². The summed E-state index contributed by atoms with van der Waals surface area (Å²) in [5.74, 6) is 1.52. The summed E-state index contributed by atoms with van der Waals surface area (Å²) in [7, 11) is 0. The Morgan fingerprint density at radius 2 is 1.79 bits per heavy atom. The monoisotopic (exact) mass is 256 g/mol. The van der Waals surface area contributed by atoms with E-state index < -0.39 is 0 Å². The third-order valence-electron chi connectivity index (χ3n) is 3.30. The minimum Gasteiger partial charge on any atom is -0.454 e. The van der Waals surface area contributed by atoms with E-state index in [0.717, 1.165) is 28.2 Å². The second-order valence-electron chi connectivity index (χ2n) is 4.54. The highest BCUT2D eigenvalue weighted by Crippen LogP contribution is 2.35. The molecule has 4 heteroatoms. The second kappa shape index (κ2) is 4.91. The maximum atomic E-state index is 6.30. The molecule has 1 atom stereocenters. The molecule has 0 bridgehead atoms. The van der Waals surface area contributed by atoms with Gasteiger partial charge in [0.05, 0.1) is 6.04 Å². The van der Waals surface area contributed by atoms with Crippen LogP contribution in [0.3, 0.4) is 0 Å². The molecular formula is C15H16N2O2. The van der Waals surface area contributed by atoms with Crippen molar-refractivity contribution in [1.82, 2.24) is 0 Å². The molecule has 2 aromatic carbocycles. The van der Waals surface area contributed by atoms with Crippen molar-refractivity contribution in [3.05, 3.63) is 59.2 Å². The number of fused-ring (bicyclic) bond motifs is 1. The SMILES string of the molecule is NCc1cccc(C(N)c2ccc3c(c2)OCO3)c1. The number of hydrogen-bond acceptors (Lipinski definition) is 4. The van der Waals surface area contributed by atoms with Gasteiger partial charge >= 0.3 is 0 Å². The minimum absolute atomic E-state index is 0.194. The van der Waals surface area contributed by atoms with E-state index in [1.165, 1.54) is 0 Å². The molecule has 0 aromatic heterocycles. The van der Waals surface area contributed by atoms with Gasteiger partial charge in [0.25, 0.3) is 0 Å². The van der Waals surface area contributed by atoms with E-state index in [4.69, 9.17) is 20.9 Å². The largest absolute Gasteiger partial charge is 0.454 e. The molecule has 98 valence electrons. The minimum atomic E-state index is -0.194. The van der Waals surface area contributed by atoms with Gasteiger partial charge in [-0.15, -0.1) is 0 Å². The Morgan fingerprint density at radius 3 is 2.63 bits per heavy atom. The number of nitrogens with two attached hydrogens (primary N) is 2. The van der Waals surface area contributed by atoms with Gasteiger partial charge in [0.1, 0.15) is 0 Å². The number of benzene rings is 2. The lowest BCUT2D eigenvalue weighted by atomic mass is 9.97. The fraction of sp³-hybridized carbons (Fsp3) is 0.200. The summed E-state index contributed by atoms with van der Waals surface area (Å²) < 4.78 is 10.7. The average Bonchev–Trinajstić information content (AvgIpc) is 2.94. The van der Waals surface area contributed by atoms with Gasteiger partial charge in [-0.1, -0.05) is 30.3 Å². The lowest BCUT2D eigenvalue weighted by Gasteiger charge is -2.14. The maximum Gasteiger partial charge on any atom is 0.231 e. The van der Waals surface area contributed by atoms with Crippen LogP contribution in [0.2, 0.25) is 0 Å². The van der Waals surface area contributed by atoms with Gasteiger partial charge in [0, 0.05) is 6.54 Å². The van der Waals surface area contributed by atoms with Crippen LogP contribution in [0.15, 0.2) is 42.5 Å². The fourth-order valence-electron chi connectivity index (χ4n) is 2.21. The quantitative estimate of drug-likeness (QED) is 0.880. The zero-order valence-electron chi connectivity index (χ0n) is 10.5. The molecule has 4 nitrogen and oxygen atoms in total. The molecule has 2 aromatic rings. The first-order valence-corrected chi connectivity index (χ1v) is 6.22. The van der Waals surface area contributed by atoms with Crippen LogP contribution in [0.5, 0.6) is 11.5 Å². The van der Waals surface area contributed by atoms with Crippen LogP contribution in [-0.4, -0.2) is 6.79 Å². The first-order valence-electron chi connectivity index (χ1n) is 6.22. The van der Waals surface area contributed by atoms with Crippen LogP contribution in [0.25, 0.3) is 0 Å². The molecule has 0 radical (unpaired) electrons. The molecule has 0 saturated heterocycles. The highest BCUT2D eigenvalue weighted by Gasteiger charge is 2.16. The van der Waals surface area contributed by atoms with Gasteiger partial charge in [-0.2, -0.15) is 0 Å². The summed E-state index contributed by atoms with van der Waals surface area (Å²) in [6.07, 6.45) is 0. The maximum absolute atomic E-state index is 6.30. The van der Waals surface area contributed by atoms with E-state index in [9.17, 15) is 0 Å². The molecule has 0 spiro atoms. The molecule has 1 heterocycles. The Balaban J connectivity index is 1.92. The number of rotatable bonds is 3. The number of ether oxygens (including phenoxy) is 2. The average molecular weight is 256 g/mol. The van der Waals surface area contributed by atoms with Crippen molar-refractivity contribution in [2.45, 2.75) is 12.6 Å². The van der Waals surface area contributed by atoms with Crippen molar-refractivity contribution in [1.29, 1.82) is 0 Å². The Kier molecular flexibility index (Phi) is 3.11. The summed E-state index contributed by atoms with van der Waals surface area (Å²) in [6, 6.07) is 13.6. The molecule has 0 amide bonds. The molecule has 19 heavy (non-hydrogen) atoms. The summed E-state index contributed by atoms with van der Waals surface area (Å²) in [6.45, 7) is 0.790. The summed E-state index contributed by atoms with van der Waals surface area (Å²) >= 11 is 0. The standard InChI is InChI=1S/C15H16N2O2/c16-8-10-2-1-3-11(6-10)15(17)12-4-5-13-14(7-12)19-9-18-13/h1-7,15H,8-9,16-17H2. The Bertz CT molecular complexity index is 598. The molecule has 0 fully saturated rings. The molecular weight excluding hydrogens is 240 g/mol. The van der Waals surface area contributed by atoms with Crippen molar-refractivity contribution >= 4 is 0 Å². The van der Waals surface area contributed by atoms with Crippen LogP contribution >= 0.6 is 0 Å². The van der Waals surface area contributed by atoms with Crippen LogP contribution in [0, 0.1) is 0 Å². The highest BCUT2D eigenvalue weighted by atomic mass is 16.7. The molecule has 1 aliphatic heterocycles. The normalized spacial score (nSPS) is 14.4. The first kappa shape index (κ1) is 12.0. The summed E-state index contributed by atoms with van der Waals surface area (Å²) in [5.41, 5.74) is 15.1. The van der Waals surface area contributed by atoms with Crippen LogP contribution in [0.4, 0.5) is 0 Å². The fourth-order valence-corrected chi connectivity index (χ4v) is 2.21. The van der Waals surface area contributed by atoms with E-state index in [1.54, 1.807) is 0 Å². The molecule has 3 rings (SSSR count). The lowest BCUT2D eigenvalue weighted by Crippen LogP contribution is -2.12. The first-order chi connectivity index (χ1) is 9.28. The van der Waals surface area contributed by atoms with Crippen molar-refractivity contribution in [2.24, 2.45) is 11.5 Å². The zero-order valence-corrected chi connectivity index (χ0v) is 10.5. The molecule has 0 aliphatic carbocycles. The third-order valence-corrected chi connectivity index (χ3v) is 3.30. The van der Waals surface area contributed by atoms with E-state index in [2.05, 4.69) is 0 Å². The Morgan fingerprint density at radius 1 is 1.00 bits per heavy atom. The van der Waals surface area contributed by atoms with Gasteiger partial charge in [-0.05, 0) is 28.8 Å². The topological polar surface area (TPSA) is 70.5 Å². The van der Waals surface area contributed by atoms with Gasteiger partial charge in [0.15, 0.2) is 11.5 Å². The zero-order chi connectivity index (χ0) is 13.2. The summed E-state index contributed by atoms with van der Waals surface area (Å²) in [4.78, 5) is 0. The van der Waals surface area contributed by atoms with E-state index in [-0.39, 0.29) is 12.8 Å². The van der Waals surface area contributed by atoms with E-state index >= 15 is 0 Å². The smallest absolute Gasteiger partial charge is 0.231 e. The molecule has 1 aliphatic rings. The Hall–Kier alpha value is -2.04. The van der Waals surface area contributed by atoms with Crippen LogP contribution in [0.1, 0.15) is 22.7 Å². The van der Waals surface area contributed by atoms with Crippen LogP contribution in [-0.2, 0) is 6.54 Å². The van der Waals surface area contributed by atoms with Crippen molar-refractivity contribution in [2.75, 3.05) is 6.79 Å². The van der Waals surface area contributed by atoms with Crippen LogP contribution < -0.4 is 20.9 Å². The second-order valence-corrected chi connectivity index (χ2v) is 4.54. The predicted molar refractivity (Wildman–Crippen MR) is 72.9 cm³/mol. The highest BCUT2D eigenvalue weighted by molar-refractivity contribution is 5.47. The third kappa shape index (κ3) is 2.28. The van der Waals surface area contributed by atoms with Gasteiger partial charge in [-0.25, -0.2) is 0 Å². The van der Waals surface area contributed by atoms with E-state index in [0.29, 0.717) is 6.54 Å². The van der Waals surface area contributed by atoms with Crippen molar-refractivity contribution in [3.63, 3.8) is 0 Å². The van der Waals surface area contributed by atoms with Gasteiger partial charge in [0.2, 0.25) is 6.79 Å².